The molecule has 0 bridgehead atoms. The average molecular weight is 303 g/mol. The van der Waals surface area contributed by atoms with Gasteiger partial charge in [-0.1, -0.05) is 6.92 Å². The van der Waals surface area contributed by atoms with Crippen LogP contribution in [0.2, 0.25) is 0 Å². The van der Waals surface area contributed by atoms with Crippen molar-refractivity contribution in [3.8, 4) is 0 Å². The van der Waals surface area contributed by atoms with Crippen LogP contribution < -0.4 is 10.0 Å². The molecule has 1 aromatic rings. The predicted molar refractivity (Wildman–Crippen MR) is 79.7 cm³/mol. The van der Waals surface area contributed by atoms with Crippen molar-refractivity contribution in [3.05, 3.63) is 18.0 Å². The van der Waals surface area contributed by atoms with Crippen molar-refractivity contribution in [2.24, 2.45) is 0 Å². The highest BCUT2D eigenvalue weighted by Crippen LogP contribution is 1.97. The molecule has 0 aliphatic rings. The number of nitrogens with one attached hydrogen (secondary N) is 2. The van der Waals surface area contributed by atoms with E-state index in [4.69, 9.17) is 0 Å². The molecular formula is C12H25N5O2S. The van der Waals surface area contributed by atoms with Crippen LogP contribution in [0.3, 0.4) is 0 Å². The molecule has 0 aromatic carbocycles. The van der Waals surface area contributed by atoms with Gasteiger partial charge < -0.3 is 5.32 Å². The third-order valence-electron chi connectivity index (χ3n) is 2.87. The highest BCUT2D eigenvalue weighted by Gasteiger charge is 2.15. The lowest BCUT2D eigenvalue weighted by Crippen LogP contribution is -2.40. The van der Waals surface area contributed by atoms with E-state index in [1.165, 1.54) is 4.31 Å². The van der Waals surface area contributed by atoms with Gasteiger partial charge in [-0.2, -0.15) is 17.8 Å². The molecule has 1 rings (SSSR count). The topological polar surface area (TPSA) is 79.3 Å². The summed E-state index contributed by atoms with van der Waals surface area (Å²) in [6.07, 6.45) is 4.43. The second kappa shape index (κ2) is 8.35. The second-order valence-electron chi connectivity index (χ2n) is 4.71. The third-order valence-corrected chi connectivity index (χ3v) is 4.45. The molecule has 0 saturated heterocycles. The van der Waals surface area contributed by atoms with Crippen molar-refractivity contribution in [3.63, 3.8) is 0 Å². The van der Waals surface area contributed by atoms with Gasteiger partial charge in [0, 0.05) is 26.3 Å². The number of hydrogen-bond donors (Lipinski definition) is 2. The maximum atomic E-state index is 12.0. The molecule has 0 amide bonds. The lowest BCUT2D eigenvalue weighted by atomic mass is 10.4. The summed E-state index contributed by atoms with van der Waals surface area (Å²) in [5, 5.41) is 7.28. The third kappa shape index (κ3) is 6.00. The van der Waals surface area contributed by atoms with Gasteiger partial charge in [0.15, 0.2) is 0 Å². The van der Waals surface area contributed by atoms with Crippen LogP contribution in [0.5, 0.6) is 0 Å². The molecule has 0 aliphatic heterocycles. The summed E-state index contributed by atoms with van der Waals surface area (Å²) >= 11 is 0. The van der Waals surface area contributed by atoms with E-state index in [-0.39, 0.29) is 0 Å². The van der Waals surface area contributed by atoms with Crippen LogP contribution in [0.15, 0.2) is 12.4 Å². The van der Waals surface area contributed by atoms with Gasteiger partial charge in [0.25, 0.3) is 10.2 Å². The van der Waals surface area contributed by atoms with Gasteiger partial charge in [-0.05, 0) is 32.0 Å². The Kier molecular flexibility index (Phi) is 7.14. The van der Waals surface area contributed by atoms with Crippen LogP contribution in [0.25, 0.3) is 0 Å². The second-order valence-corrected chi connectivity index (χ2v) is 6.57. The summed E-state index contributed by atoms with van der Waals surface area (Å²) in [5.41, 5.74) is 1.06. The van der Waals surface area contributed by atoms with Gasteiger partial charge in [0.1, 0.15) is 0 Å². The van der Waals surface area contributed by atoms with E-state index < -0.39 is 10.2 Å². The Bertz CT molecular complexity index is 486. The summed E-state index contributed by atoms with van der Waals surface area (Å²) in [4.78, 5) is 0. The monoisotopic (exact) mass is 303 g/mol. The van der Waals surface area contributed by atoms with E-state index >= 15 is 0 Å². The van der Waals surface area contributed by atoms with Crippen molar-refractivity contribution < 1.29 is 8.42 Å². The largest absolute Gasteiger partial charge is 0.317 e. The smallest absolute Gasteiger partial charge is 0.279 e. The molecule has 0 fully saturated rings. The van der Waals surface area contributed by atoms with Gasteiger partial charge in [-0.3, -0.25) is 4.68 Å². The van der Waals surface area contributed by atoms with Crippen LogP contribution in [0, 0.1) is 6.92 Å². The normalized spacial score (nSPS) is 12.2. The summed E-state index contributed by atoms with van der Waals surface area (Å²) < 4.78 is 29.6. The molecule has 1 heterocycles. The van der Waals surface area contributed by atoms with Crippen molar-refractivity contribution in [2.45, 2.75) is 26.8 Å². The molecule has 8 heteroatoms. The Morgan fingerprint density at radius 3 is 2.75 bits per heavy atom. The van der Waals surface area contributed by atoms with Gasteiger partial charge in [-0.25, -0.2) is 4.72 Å². The molecule has 0 radical (unpaired) electrons. The zero-order chi connectivity index (χ0) is 15.0. The lowest BCUT2D eigenvalue weighted by molar-refractivity contribution is 0.442. The molecule has 0 aliphatic carbocycles. The van der Waals surface area contributed by atoms with Crippen LogP contribution >= 0.6 is 0 Å². The first-order chi connectivity index (χ1) is 9.45. The molecule has 116 valence electrons. The van der Waals surface area contributed by atoms with E-state index in [0.717, 1.165) is 25.1 Å². The maximum absolute atomic E-state index is 12.0. The van der Waals surface area contributed by atoms with Gasteiger partial charge in [0.2, 0.25) is 0 Å². The quantitative estimate of drug-likeness (QED) is 0.594. The minimum atomic E-state index is -3.40. The van der Waals surface area contributed by atoms with Crippen LogP contribution in [0.4, 0.5) is 0 Å². The number of aryl methyl sites for hydroxylation is 1. The van der Waals surface area contributed by atoms with Crippen LogP contribution in [-0.2, 0) is 16.8 Å². The van der Waals surface area contributed by atoms with E-state index in [0.29, 0.717) is 19.6 Å². The first kappa shape index (κ1) is 17.1. The van der Waals surface area contributed by atoms with Gasteiger partial charge in [0.05, 0.1) is 12.7 Å². The number of hydrogen-bond acceptors (Lipinski definition) is 4. The van der Waals surface area contributed by atoms with Crippen LogP contribution in [0.1, 0.15) is 18.9 Å². The molecule has 0 saturated carbocycles. The first-order valence-electron chi connectivity index (χ1n) is 6.86. The van der Waals surface area contributed by atoms with Crippen molar-refractivity contribution in [2.75, 3.05) is 33.2 Å². The minimum absolute atomic E-state index is 0.334. The molecule has 0 atom stereocenters. The summed E-state index contributed by atoms with van der Waals surface area (Å²) in [6, 6.07) is 0. The van der Waals surface area contributed by atoms with E-state index in [2.05, 4.69) is 15.1 Å². The fraction of sp³-hybridized carbons (Fsp3) is 0.750. The fourth-order valence-electron chi connectivity index (χ4n) is 1.71. The predicted octanol–water partition coefficient (Wildman–Crippen LogP) is -0.0427. The first-order valence-corrected chi connectivity index (χ1v) is 8.30. The van der Waals surface area contributed by atoms with E-state index in [1.54, 1.807) is 17.9 Å². The highest BCUT2D eigenvalue weighted by molar-refractivity contribution is 7.87. The number of rotatable bonds is 10. The Balaban J connectivity index is 2.29. The number of aromatic nitrogens is 2. The van der Waals surface area contributed by atoms with Gasteiger partial charge in [-0.15, -0.1) is 0 Å². The molecular weight excluding hydrogens is 278 g/mol. The summed E-state index contributed by atoms with van der Waals surface area (Å²) in [7, 11) is -1.81. The molecule has 2 N–H and O–H groups in total. The Labute approximate surface area is 121 Å². The molecule has 20 heavy (non-hydrogen) atoms. The zero-order valence-corrected chi connectivity index (χ0v) is 13.3. The number of nitrogens with zero attached hydrogens (tertiary/aromatic N) is 3. The van der Waals surface area contributed by atoms with Crippen molar-refractivity contribution in [1.29, 1.82) is 0 Å². The molecule has 1 aromatic heterocycles. The molecule has 7 nitrogen and oxygen atoms in total. The van der Waals surface area contributed by atoms with Gasteiger partial charge >= 0.3 is 0 Å². The van der Waals surface area contributed by atoms with E-state index in [1.807, 2.05) is 20.0 Å². The van der Waals surface area contributed by atoms with Crippen molar-refractivity contribution in [1.82, 2.24) is 24.1 Å². The van der Waals surface area contributed by atoms with Crippen LogP contribution in [-0.4, -0.2) is 55.7 Å². The Morgan fingerprint density at radius 2 is 2.15 bits per heavy atom. The maximum Gasteiger partial charge on any atom is 0.279 e. The standard InChI is InChI=1S/C12H25N5O2S/c1-4-13-6-5-8-16(3)20(18,19)15-7-9-17-11-12(2)10-14-17/h10-11,13,15H,4-9H2,1-3H3. The Hall–Kier alpha value is -0.960. The summed E-state index contributed by atoms with van der Waals surface area (Å²) in [6.45, 7) is 7.06. The Morgan fingerprint density at radius 1 is 1.40 bits per heavy atom. The molecule has 0 unspecified atom stereocenters. The zero-order valence-electron chi connectivity index (χ0n) is 12.5. The lowest BCUT2D eigenvalue weighted by Gasteiger charge is -2.17. The average Bonchev–Trinajstić information content (AvgIpc) is 2.80. The molecule has 0 spiro atoms. The summed E-state index contributed by atoms with van der Waals surface area (Å²) in [5.74, 6) is 0. The van der Waals surface area contributed by atoms with Crippen molar-refractivity contribution >= 4 is 10.2 Å². The highest BCUT2D eigenvalue weighted by atomic mass is 32.2. The van der Waals surface area contributed by atoms with E-state index in [9.17, 15) is 8.42 Å². The SMILES string of the molecule is CCNCCCN(C)S(=O)(=O)NCCn1cc(C)cn1. The fourth-order valence-corrected chi connectivity index (χ4v) is 2.65. The minimum Gasteiger partial charge on any atom is -0.317 e.